The van der Waals surface area contributed by atoms with Crippen LogP contribution in [-0.4, -0.2) is 20.3 Å². The monoisotopic (exact) mass is 418 g/mol. The molecule has 0 aliphatic heterocycles. The van der Waals surface area contributed by atoms with Gasteiger partial charge in [0.05, 0.1) is 17.8 Å². The van der Waals surface area contributed by atoms with Gasteiger partial charge in [0, 0.05) is 33.2 Å². The second kappa shape index (κ2) is 6.46. The van der Waals surface area contributed by atoms with E-state index in [1.54, 1.807) is 11.3 Å². The summed E-state index contributed by atoms with van der Waals surface area (Å²) in [5.41, 5.74) is 2.61. The van der Waals surface area contributed by atoms with Gasteiger partial charge in [0.15, 0.2) is 10.1 Å². The third-order valence-corrected chi connectivity index (χ3v) is 5.38. The van der Waals surface area contributed by atoms with E-state index in [4.69, 9.17) is 0 Å². The Balaban J connectivity index is 1.45. The number of thiazole rings is 2. The Morgan fingerprint density at radius 2 is 2.21 bits per heavy atom. The van der Waals surface area contributed by atoms with Crippen LogP contribution < -0.4 is 5.32 Å². The quantitative estimate of drug-likeness (QED) is 0.531. The molecule has 0 atom stereocenters. The molecule has 1 amide bonds. The SMILES string of the molecule is O=C(Cc1cn2ccsc2n1)Nc1nc(-c2cccc(Br)c2)cs1. The number of nitrogens with one attached hydrogen (secondary N) is 1. The maximum absolute atomic E-state index is 12.2. The molecule has 120 valence electrons. The van der Waals surface area contributed by atoms with E-state index in [0.717, 1.165) is 26.4 Å². The summed E-state index contributed by atoms with van der Waals surface area (Å²) in [5, 5.41) is 7.33. The van der Waals surface area contributed by atoms with Gasteiger partial charge in [-0.05, 0) is 12.1 Å². The number of benzene rings is 1. The molecule has 0 bridgehead atoms. The molecule has 1 aromatic carbocycles. The zero-order valence-electron chi connectivity index (χ0n) is 12.3. The van der Waals surface area contributed by atoms with Crippen molar-refractivity contribution in [1.82, 2.24) is 14.4 Å². The summed E-state index contributed by atoms with van der Waals surface area (Å²) in [4.78, 5) is 22.0. The fraction of sp³-hybridized carbons (Fsp3) is 0.0625. The van der Waals surface area contributed by atoms with Crippen LogP contribution in [0.15, 0.2) is 51.9 Å². The highest BCUT2D eigenvalue weighted by Gasteiger charge is 2.11. The number of anilines is 1. The Bertz CT molecular complexity index is 991. The molecule has 8 heteroatoms. The van der Waals surface area contributed by atoms with Crippen molar-refractivity contribution in [1.29, 1.82) is 0 Å². The molecular formula is C16H11BrN4OS2. The topological polar surface area (TPSA) is 59.3 Å². The maximum atomic E-state index is 12.2. The molecule has 4 rings (SSSR count). The number of hydrogen-bond acceptors (Lipinski definition) is 5. The molecule has 24 heavy (non-hydrogen) atoms. The highest BCUT2D eigenvalue weighted by atomic mass is 79.9. The largest absolute Gasteiger partial charge is 0.302 e. The maximum Gasteiger partial charge on any atom is 0.232 e. The molecule has 0 unspecified atom stereocenters. The highest BCUT2D eigenvalue weighted by Crippen LogP contribution is 2.27. The minimum atomic E-state index is -0.115. The molecule has 0 aliphatic carbocycles. The standard InChI is InChI=1S/C16H11BrN4OS2/c17-11-3-1-2-10(6-11)13-9-24-15(19-13)20-14(22)7-12-8-21-4-5-23-16(21)18-12/h1-6,8-9H,7H2,(H,19,20,22). The molecule has 0 saturated carbocycles. The summed E-state index contributed by atoms with van der Waals surface area (Å²) in [6.07, 6.45) is 4.04. The van der Waals surface area contributed by atoms with E-state index < -0.39 is 0 Å². The highest BCUT2D eigenvalue weighted by molar-refractivity contribution is 9.10. The predicted molar refractivity (Wildman–Crippen MR) is 101 cm³/mol. The minimum Gasteiger partial charge on any atom is -0.302 e. The number of aromatic nitrogens is 3. The van der Waals surface area contributed by atoms with Crippen LogP contribution in [0.2, 0.25) is 0 Å². The second-order valence-corrected chi connectivity index (χ2v) is 7.75. The predicted octanol–water partition coefficient (Wildman–Crippen LogP) is 4.46. The Morgan fingerprint density at radius 3 is 3.04 bits per heavy atom. The van der Waals surface area contributed by atoms with E-state index in [1.807, 2.05) is 51.8 Å². The molecule has 3 aromatic heterocycles. The van der Waals surface area contributed by atoms with Crippen LogP contribution >= 0.6 is 38.6 Å². The number of carbonyl (C=O) groups is 1. The number of carbonyl (C=O) groups excluding carboxylic acids is 1. The number of halogens is 1. The number of nitrogens with zero attached hydrogens (tertiary/aromatic N) is 3. The molecule has 0 fully saturated rings. The lowest BCUT2D eigenvalue weighted by Crippen LogP contribution is -2.14. The third kappa shape index (κ3) is 3.26. The van der Waals surface area contributed by atoms with Gasteiger partial charge >= 0.3 is 0 Å². The van der Waals surface area contributed by atoms with Crippen LogP contribution in [-0.2, 0) is 11.2 Å². The Labute approximate surface area is 154 Å². The first kappa shape index (κ1) is 15.5. The van der Waals surface area contributed by atoms with Crippen molar-refractivity contribution in [2.24, 2.45) is 0 Å². The Kier molecular flexibility index (Phi) is 4.17. The molecule has 4 aromatic rings. The van der Waals surface area contributed by atoms with Gasteiger partial charge in [0.2, 0.25) is 5.91 Å². The van der Waals surface area contributed by atoms with E-state index in [9.17, 15) is 4.79 Å². The summed E-state index contributed by atoms with van der Waals surface area (Å²) < 4.78 is 2.92. The van der Waals surface area contributed by atoms with Crippen molar-refractivity contribution in [3.05, 3.63) is 57.6 Å². The van der Waals surface area contributed by atoms with Gasteiger partial charge in [-0.1, -0.05) is 28.1 Å². The van der Waals surface area contributed by atoms with E-state index in [0.29, 0.717) is 5.13 Å². The zero-order chi connectivity index (χ0) is 16.5. The van der Waals surface area contributed by atoms with Crippen molar-refractivity contribution in [3.63, 3.8) is 0 Å². The first-order chi connectivity index (χ1) is 11.7. The van der Waals surface area contributed by atoms with Crippen molar-refractivity contribution in [2.75, 3.05) is 5.32 Å². The lowest BCUT2D eigenvalue weighted by molar-refractivity contribution is -0.115. The van der Waals surface area contributed by atoms with Gasteiger partial charge < -0.3 is 5.32 Å². The fourth-order valence-corrected chi connectivity index (χ4v) is 4.15. The number of imidazole rings is 1. The van der Waals surface area contributed by atoms with Crippen LogP contribution in [0.5, 0.6) is 0 Å². The summed E-state index contributed by atoms with van der Waals surface area (Å²) in [7, 11) is 0. The average molecular weight is 419 g/mol. The Morgan fingerprint density at radius 1 is 1.29 bits per heavy atom. The number of hydrogen-bond donors (Lipinski definition) is 1. The normalized spacial score (nSPS) is 11.0. The lowest BCUT2D eigenvalue weighted by Gasteiger charge is -1.99. The molecule has 0 radical (unpaired) electrons. The molecule has 1 N–H and O–H groups in total. The van der Waals surface area contributed by atoms with Gasteiger partial charge in [-0.15, -0.1) is 22.7 Å². The number of amides is 1. The first-order valence-corrected chi connectivity index (χ1v) is 9.65. The average Bonchev–Trinajstić information content (AvgIpc) is 3.23. The van der Waals surface area contributed by atoms with Gasteiger partial charge in [-0.25, -0.2) is 9.97 Å². The van der Waals surface area contributed by atoms with Crippen LogP contribution in [0.3, 0.4) is 0 Å². The van der Waals surface area contributed by atoms with Crippen molar-refractivity contribution >= 4 is 54.6 Å². The summed E-state index contributed by atoms with van der Waals surface area (Å²) in [6, 6.07) is 7.91. The molecular weight excluding hydrogens is 408 g/mol. The van der Waals surface area contributed by atoms with Gasteiger partial charge in [-0.2, -0.15) is 0 Å². The van der Waals surface area contributed by atoms with Gasteiger partial charge in [0.1, 0.15) is 0 Å². The fourth-order valence-electron chi connectivity index (χ4n) is 2.30. The van der Waals surface area contributed by atoms with Crippen LogP contribution in [0, 0.1) is 0 Å². The smallest absolute Gasteiger partial charge is 0.232 e. The lowest BCUT2D eigenvalue weighted by atomic mass is 10.2. The summed E-state index contributed by atoms with van der Waals surface area (Å²) in [5.74, 6) is -0.115. The van der Waals surface area contributed by atoms with Crippen LogP contribution in [0.4, 0.5) is 5.13 Å². The van der Waals surface area contributed by atoms with Crippen LogP contribution in [0.1, 0.15) is 5.69 Å². The van der Waals surface area contributed by atoms with E-state index in [-0.39, 0.29) is 12.3 Å². The minimum absolute atomic E-state index is 0.115. The van der Waals surface area contributed by atoms with E-state index in [2.05, 4.69) is 31.2 Å². The number of fused-ring (bicyclic) bond motifs is 1. The molecule has 0 spiro atoms. The summed E-state index contributed by atoms with van der Waals surface area (Å²) >= 11 is 6.41. The van der Waals surface area contributed by atoms with Crippen molar-refractivity contribution < 1.29 is 4.79 Å². The van der Waals surface area contributed by atoms with Crippen LogP contribution in [0.25, 0.3) is 16.2 Å². The van der Waals surface area contributed by atoms with E-state index >= 15 is 0 Å². The summed E-state index contributed by atoms with van der Waals surface area (Å²) in [6.45, 7) is 0. The molecule has 5 nitrogen and oxygen atoms in total. The Hall–Kier alpha value is -2.03. The first-order valence-electron chi connectivity index (χ1n) is 7.10. The second-order valence-electron chi connectivity index (χ2n) is 5.10. The van der Waals surface area contributed by atoms with E-state index in [1.165, 1.54) is 11.3 Å². The molecule has 0 aliphatic rings. The molecule has 3 heterocycles. The molecule has 0 saturated heterocycles. The van der Waals surface area contributed by atoms with Gasteiger partial charge in [-0.3, -0.25) is 9.20 Å². The van der Waals surface area contributed by atoms with Crippen molar-refractivity contribution in [3.8, 4) is 11.3 Å². The zero-order valence-corrected chi connectivity index (χ0v) is 15.5. The third-order valence-electron chi connectivity index (χ3n) is 3.36. The van der Waals surface area contributed by atoms with Gasteiger partial charge in [0.25, 0.3) is 0 Å². The number of rotatable bonds is 4. The van der Waals surface area contributed by atoms with Crippen molar-refractivity contribution in [2.45, 2.75) is 6.42 Å².